The van der Waals surface area contributed by atoms with E-state index in [0.717, 1.165) is 50.0 Å². The maximum Gasteiger partial charge on any atom is 0.124 e. The molecule has 2 aliphatic rings. The van der Waals surface area contributed by atoms with Gasteiger partial charge in [0.05, 0.1) is 13.7 Å². The van der Waals surface area contributed by atoms with Gasteiger partial charge in [0.1, 0.15) is 5.75 Å². The summed E-state index contributed by atoms with van der Waals surface area (Å²) in [5.41, 5.74) is 2.43. The van der Waals surface area contributed by atoms with Crippen LogP contribution in [0.15, 0.2) is 18.2 Å². The molecule has 1 saturated heterocycles. The molecule has 1 aliphatic heterocycles. The first-order valence-corrected chi connectivity index (χ1v) is 11.1. The highest BCUT2D eigenvalue weighted by Crippen LogP contribution is 2.28. The van der Waals surface area contributed by atoms with E-state index in [-0.39, 0.29) is 6.61 Å². The summed E-state index contributed by atoms with van der Waals surface area (Å²) >= 11 is 0. The van der Waals surface area contributed by atoms with Crippen molar-refractivity contribution in [3.63, 3.8) is 0 Å². The van der Waals surface area contributed by atoms with Gasteiger partial charge in [-0.05, 0) is 43.9 Å². The zero-order valence-electron chi connectivity index (χ0n) is 17.7. The summed E-state index contributed by atoms with van der Waals surface area (Å²) in [6.07, 6.45) is 7.67. The topological polar surface area (TPSA) is 45.2 Å². The predicted octanol–water partition coefficient (Wildman–Crippen LogP) is 3.43. The summed E-state index contributed by atoms with van der Waals surface area (Å²) in [5, 5.41) is 9.61. The quantitative estimate of drug-likeness (QED) is 0.700. The number of rotatable bonds is 9. The second-order valence-corrected chi connectivity index (χ2v) is 8.21. The molecule has 2 fully saturated rings. The number of aliphatic hydroxyl groups excluding tert-OH is 1. The Bertz CT molecular complexity index is 589. The zero-order chi connectivity index (χ0) is 19.8. The Morgan fingerprint density at radius 2 is 1.96 bits per heavy atom. The van der Waals surface area contributed by atoms with Crippen molar-refractivity contribution in [1.29, 1.82) is 0 Å². The molecule has 158 valence electrons. The van der Waals surface area contributed by atoms with Crippen LogP contribution in [0.2, 0.25) is 0 Å². The van der Waals surface area contributed by atoms with E-state index in [2.05, 4.69) is 28.0 Å². The van der Waals surface area contributed by atoms with Crippen LogP contribution in [0.4, 0.5) is 0 Å². The fraction of sp³-hybridized carbons (Fsp3) is 0.739. The lowest BCUT2D eigenvalue weighted by molar-refractivity contribution is 0.0136. The van der Waals surface area contributed by atoms with Gasteiger partial charge < -0.3 is 14.6 Å². The molecular weight excluding hydrogens is 352 g/mol. The molecule has 1 atom stereocenters. The Balaban J connectivity index is 1.63. The predicted molar refractivity (Wildman–Crippen MR) is 113 cm³/mol. The average molecular weight is 391 g/mol. The molecule has 1 heterocycles. The number of benzene rings is 1. The van der Waals surface area contributed by atoms with E-state index in [1.54, 1.807) is 7.11 Å². The van der Waals surface area contributed by atoms with Crippen molar-refractivity contribution >= 4 is 0 Å². The molecule has 0 spiro atoms. The van der Waals surface area contributed by atoms with Crippen LogP contribution in [-0.2, 0) is 17.9 Å². The summed E-state index contributed by atoms with van der Waals surface area (Å²) in [7, 11) is 1.72. The Hall–Kier alpha value is -1.14. The van der Waals surface area contributed by atoms with Gasteiger partial charge in [-0.3, -0.25) is 9.80 Å². The number of aliphatic hydroxyl groups is 1. The number of ether oxygens (including phenoxy) is 2. The number of methoxy groups -OCH3 is 1. The number of hydrogen-bond donors (Lipinski definition) is 1. The maximum atomic E-state index is 9.61. The standard InChI is InChI=1S/C23H38N2O3/c1-3-28-18-20-15-19(9-10-23(20)27-2)16-24-12-13-25(22(17-24)11-14-26)21-7-5-4-6-8-21/h9-10,15,21-22,26H,3-8,11-14,16-18H2,1-2H3/t22-/m1/s1. The van der Waals surface area contributed by atoms with Gasteiger partial charge in [0.15, 0.2) is 0 Å². The Kier molecular flexibility index (Phi) is 8.59. The fourth-order valence-electron chi connectivity index (χ4n) is 4.89. The smallest absolute Gasteiger partial charge is 0.124 e. The minimum atomic E-state index is 0.281. The summed E-state index contributed by atoms with van der Waals surface area (Å²) in [6, 6.07) is 7.66. The van der Waals surface area contributed by atoms with E-state index in [9.17, 15) is 5.11 Å². The molecular formula is C23H38N2O3. The first-order chi connectivity index (χ1) is 13.7. The molecule has 0 amide bonds. The molecule has 5 heteroatoms. The molecule has 1 aromatic rings. The molecule has 0 unspecified atom stereocenters. The normalized spacial score (nSPS) is 22.5. The molecule has 1 N–H and O–H groups in total. The van der Waals surface area contributed by atoms with E-state index in [1.807, 2.05) is 6.92 Å². The molecule has 0 aromatic heterocycles. The number of piperazine rings is 1. The van der Waals surface area contributed by atoms with Gasteiger partial charge in [0.2, 0.25) is 0 Å². The largest absolute Gasteiger partial charge is 0.496 e. The van der Waals surface area contributed by atoms with Crippen LogP contribution in [-0.4, -0.2) is 66.9 Å². The van der Waals surface area contributed by atoms with Gasteiger partial charge in [0, 0.05) is 57.0 Å². The minimum absolute atomic E-state index is 0.281. The monoisotopic (exact) mass is 390 g/mol. The molecule has 1 aliphatic carbocycles. The van der Waals surface area contributed by atoms with Gasteiger partial charge in [-0.25, -0.2) is 0 Å². The van der Waals surface area contributed by atoms with Crippen LogP contribution < -0.4 is 4.74 Å². The van der Waals surface area contributed by atoms with Crippen molar-refractivity contribution in [2.75, 3.05) is 40.0 Å². The molecule has 5 nitrogen and oxygen atoms in total. The highest BCUT2D eigenvalue weighted by molar-refractivity contribution is 5.37. The van der Waals surface area contributed by atoms with Crippen molar-refractivity contribution in [3.05, 3.63) is 29.3 Å². The van der Waals surface area contributed by atoms with E-state index in [0.29, 0.717) is 19.3 Å². The van der Waals surface area contributed by atoms with Crippen LogP contribution in [0.1, 0.15) is 56.6 Å². The summed E-state index contributed by atoms with van der Waals surface area (Å²) in [5.74, 6) is 0.900. The van der Waals surface area contributed by atoms with Crippen molar-refractivity contribution in [3.8, 4) is 5.75 Å². The fourth-order valence-corrected chi connectivity index (χ4v) is 4.89. The highest BCUT2D eigenvalue weighted by atomic mass is 16.5. The first-order valence-electron chi connectivity index (χ1n) is 11.1. The minimum Gasteiger partial charge on any atom is -0.496 e. The average Bonchev–Trinajstić information content (AvgIpc) is 2.73. The van der Waals surface area contributed by atoms with Gasteiger partial charge in [0.25, 0.3) is 0 Å². The molecule has 3 rings (SSSR count). The molecule has 28 heavy (non-hydrogen) atoms. The summed E-state index contributed by atoms with van der Waals surface area (Å²) in [6.45, 7) is 7.82. The van der Waals surface area contributed by atoms with Gasteiger partial charge in [-0.15, -0.1) is 0 Å². The van der Waals surface area contributed by atoms with Gasteiger partial charge in [-0.1, -0.05) is 25.3 Å². The first kappa shape index (κ1) is 21.6. The van der Waals surface area contributed by atoms with Crippen molar-refractivity contribution in [2.45, 2.75) is 70.7 Å². The van der Waals surface area contributed by atoms with E-state index < -0.39 is 0 Å². The number of nitrogens with zero attached hydrogens (tertiary/aromatic N) is 2. The lowest BCUT2D eigenvalue weighted by Gasteiger charge is -2.46. The molecule has 0 radical (unpaired) electrons. The summed E-state index contributed by atoms with van der Waals surface area (Å²) < 4.78 is 11.1. The molecule has 0 bridgehead atoms. The van der Waals surface area contributed by atoms with Crippen LogP contribution in [0, 0.1) is 0 Å². The van der Waals surface area contributed by atoms with E-state index in [4.69, 9.17) is 9.47 Å². The van der Waals surface area contributed by atoms with E-state index >= 15 is 0 Å². The second-order valence-electron chi connectivity index (χ2n) is 8.21. The van der Waals surface area contributed by atoms with Crippen LogP contribution in [0.3, 0.4) is 0 Å². The number of hydrogen-bond acceptors (Lipinski definition) is 5. The van der Waals surface area contributed by atoms with Crippen molar-refractivity contribution in [1.82, 2.24) is 9.80 Å². The molecule has 1 saturated carbocycles. The Morgan fingerprint density at radius 1 is 1.14 bits per heavy atom. The maximum absolute atomic E-state index is 9.61. The zero-order valence-corrected chi connectivity index (χ0v) is 17.7. The third-order valence-electron chi connectivity index (χ3n) is 6.33. The van der Waals surface area contributed by atoms with Crippen LogP contribution in [0.25, 0.3) is 0 Å². The Morgan fingerprint density at radius 3 is 2.68 bits per heavy atom. The Labute approximate surface area is 170 Å². The third kappa shape index (κ3) is 5.69. The van der Waals surface area contributed by atoms with Crippen molar-refractivity contribution < 1.29 is 14.6 Å². The second kappa shape index (κ2) is 11.1. The third-order valence-corrected chi connectivity index (χ3v) is 6.33. The highest BCUT2D eigenvalue weighted by Gasteiger charge is 2.32. The van der Waals surface area contributed by atoms with Gasteiger partial charge >= 0.3 is 0 Å². The van der Waals surface area contributed by atoms with Gasteiger partial charge in [-0.2, -0.15) is 0 Å². The van der Waals surface area contributed by atoms with Crippen LogP contribution >= 0.6 is 0 Å². The molecule has 1 aromatic carbocycles. The van der Waals surface area contributed by atoms with E-state index in [1.165, 1.54) is 37.7 Å². The van der Waals surface area contributed by atoms with Crippen molar-refractivity contribution in [2.24, 2.45) is 0 Å². The lowest BCUT2D eigenvalue weighted by atomic mass is 9.91. The van der Waals surface area contributed by atoms with Crippen LogP contribution in [0.5, 0.6) is 5.75 Å². The summed E-state index contributed by atoms with van der Waals surface area (Å²) in [4.78, 5) is 5.26. The SMILES string of the molecule is CCOCc1cc(CN2CCN(C3CCCCC3)[C@H](CCO)C2)ccc1OC. The lowest BCUT2D eigenvalue weighted by Crippen LogP contribution is -2.56.